The first kappa shape index (κ1) is 17.4. The standard InChI is InChI=1S/C17H18INO4/c1-4-23-16-12(18)9-11(10-15(16)22-3)17(20)19-13-7-5-6-8-14(13)21-2/h5-10H,4H2,1-3H3,(H,19,20). The van der Waals surface area contributed by atoms with Crippen LogP contribution in [0.15, 0.2) is 36.4 Å². The highest BCUT2D eigenvalue weighted by Crippen LogP contribution is 2.34. The van der Waals surface area contributed by atoms with Gasteiger partial charge in [-0.25, -0.2) is 0 Å². The molecule has 0 fully saturated rings. The average molecular weight is 427 g/mol. The Bertz CT molecular complexity index is 703. The highest BCUT2D eigenvalue weighted by atomic mass is 127. The maximum absolute atomic E-state index is 12.5. The summed E-state index contributed by atoms with van der Waals surface area (Å²) in [5.74, 6) is 1.54. The van der Waals surface area contributed by atoms with E-state index in [1.54, 1.807) is 38.5 Å². The van der Waals surface area contributed by atoms with Crippen LogP contribution in [0.25, 0.3) is 0 Å². The van der Waals surface area contributed by atoms with Gasteiger partial charge in [0, 0.05) is 5.56 Å². The molecule has 0 radical (unpaired) electrons. The molecule has 0 unspecified atom stereocenters. The fourth-order valence-electron chi connectivity index (χ4n) is 2.08. The summed E-state index contributed by atoms with van der Waals surface area (Å²) < 4.78 is 16.9. The molecule has 0 bridgehead atoms. The number of carbonyl (C=O) groups excluding carboxylic acids is 1. The van der Waals surface area contributed by atoms with E-state index in [4.69, 9.17) is 14.2 Å². The van der Waals surface area contributed by atoms with Crippen molar-refractivity contribution in [2.75, 3.05) is 26.1 Å². The first-order chi connectivity index (χ1) is 11.1. The third-order valence-electron chi connectivity index (χ3n) is 3.14. The van der Waals surface area contributed by atoms with Crippen LogP contribution in [0.3, 0.4) is 0 Å². The Balaban J connectivity index is 2.31. The van der Waals surface area contributed by atoms with Gasteiger partial charge in [-0.2, -0.15) is 0 Å². The summed E-state index contributed by atoms with van der Waals surface area (Å²) in [7, 11) is 3.11. The lowest BCUT2D eigenvalue weighted by Gasteiger charge is -2.14. The second kappa shape index (κ2) is 8.05. The minimum Gasteiger partial charge on any atom is -0.495 e. The number of methoxy groups -OCH3 is 2. The first-order valence-corrected chi connectivity index (χ1v) is 8.13. The van der Waals surface area contributed by atoms with Gasteiger partial charge in [-0.1, -0.05) is 12.1 Å². The molecular weight excluding hydrogens is 409 g/mol. The van der Waals surface area contributed by atoms with Crippen LogP contribution in [0, 0.1) is 3.57 Å². The molecule has 1 amide bonds. The molecule has 0 saturated carbocycles. The van der Waals surface area contributed by atoms with Crippen molar-refractivity contribution in [3.8, 4) is 17.2 Å². The highest BCUT2D eigenvalue weighted by Gasteiger charge is 2.16. The summed E-state index contributed by atoms with van der Waals surface area (Å²) in [6, 6.07) is 10.7. The molecule has 0 aromatic heterocycles. The van der Waals surface area contributed by atoms with Crippen molar-refractivity contribution in [3.63, 3.8) is 0 Å². The molecule has 0 aliphatic rings. The Morgan fingerprint density at radius 1 is 1.13 bits per heavy atom. The van der Waals surface area contributed by atoms with E-state index in [9.17, 15) is 4.79 Å². The number of halogens is 1. The fraction of sp³-hybridized carbons (Fsp3) is 0.235. The van der Waals surface area contributed by atoms with E-state index < -0.39 is 0 Å². The van der Waals surface area contributed by atoms with Crippen LogP contribution in [-0.4, -0.2) is 26.7 Å². The van der Waals surface area contributed by atoms with Gasteiger partial charge >= 0.3 is 0 Å². The topological polar surface area (TPSA) is 56.8 Å². The maximum atomic E-state index is 12.5. The van der Waals surface area contributed by atoms with E-state index in [0.29, 0.717) is 35.1 Å². The number of ether oxygens (including phenoxy) is 3. The number of rotatable bonds is 6. The van der Waals surface area contributed by atoms with Gasteiger partial charge in [-0.15, -0.1) is 0 Å². The summed E-state index contributed by atoms with van der Waals surface area (Å²) in [6.07, 6.45) is 0. The predicted molar refractivity (Wildman–Crippen MR) is 97.8 cm³/mol. The van der Waals surface area contributed by atoms with Crippen molar-refractivity contribution in [3.05, 3.63) is 45.5 Å². The number of nitrogens with one attached hydrogen (secondary N) is 1. The molecule has 23 heavy (non-hydrogen) atoms. The fourth-order valence-corrected chi connectivity index (χ4v) is 2.83. The molecule has 0 heterocycles. The van der Waals surface area contributed by atoms with Gasteiger partial charge in [0.1, 0.15) is 5.75 Å². The van der Waals surface area contributed by atoms with Crippen molar-refractivity contribution < 1.29 is 19.0 Å². The van der Waals surface area contributed by atoms with E-state index in [1.807, 2.05) is 19.1 Å². The van der Waals surface area contributed by atoms with Gasteiger partial charge in [0.25, 0.3) is 5.91 Å². The lowest BCUT2D eigenvalue weighted by molar-refractivity contribution is 0.102. The van der Waals surface area contributed by atoms with Gasteiger partial charge in [-0.05, 0) is 53.8 Å². The quantitative estimate of drug-likeness (QED) is 0.710. The maximum Gasteiger partial charge on any atom is 0.255 e. The zero-order chi connectivity index (χ0) is 16.8. The van der Waals surface area contributed by atoms with Gasteiger partial charge in [0.05, 0.1) is 30.1 Å². The normalized spacial score (nSPS) is 10.1. The molecule has 2 aromatic carbocycles. The molecule has 2 rings (SSSR count). The third kappa shape index (κ3) is 4.07. The van der Waals surface area contributed by atoms with E-state index in [0.717, 1.165) is 3.57 Å². The van der Waals surface area contributed by atoms with Crippen molar-refractivity contribution in [1.82, 2.24) is 0 Å². The van der Waals surface area contributed by atoms with Crippen LogP contribution in [0.1, 0.15) is 17.3 Å². The third-order valence-corrected chi connectivity index (χ3v) is 3.94. The Labute approximate surface area is 149 Å². The zero-order valence-corrected chi connectivity index (χ0v) is 15.3. The molecule has 6 heteroatoms. The number of amides is 1. The largest absolute Gasteiger partial charge is 0.495 e. The van der Waals surface area contributed by atoms with Crippen molar-refractivity contribution >= 4 is 34.2 Å². The summed E-state index contributed by atoms with van der Waals surface area (Å²) in [6.45, 7) is 2.43. The number of hydrogen-bond acceptors (Lipinski definition) is 4. The summed E-state index contributed by atoms with van der Waals surface area (Å²) >= 11 is 2.13. The van der Waals surface area contributed by atoms with Crippen LogP contribution >= 0.6 is 22.6 Å². The van der Waals surface area contributed by atoms with E-state index in [-0.39, 0.29) is 5.91 Å². The monoisotopic (exact) mass is 427 g/mol. The molecule has 0 spiro atoms. The smallest absolute Gasteiger partial charge is 0.255 e. The molecule has 5 nitrogen and oxygen atoms in total. The summed E-state index contributed by atoms with van der Waals surface area (Å²) in [5, 5.41) is 2.84. The molecule has 122 valence electrons. The van der Waals surface area contributed by atoms with Crippen molar-refractivity contribution in [1.29, 1.82) is 0 Å². The second-order valence-electron chi connectivity index (χ2n) is 4.58. The van der Waals surface area contributed by atoms with Gasteiger partial charge < -0.3 is 19.5 Å². The molecule has 0 aliphatic carbocycles. The predicted octanol–water partition coefficient (Wildman–Crippen LogP) is 3.96. The lowest BCUT2D eigenvalue weighted by atomic mass is 10.1. The number of hydrogen-bond donors (Lipinski definition) is 1. The van der Waals surface area contributed by atoms with E-state index in [2.05, 4.69) is 27.9 Å². The number of anilines is 1. The van der Waals surface area contributed by atoms with Crippen LogP contribution in [0.5, 0.6) is 17.2 Å². The molecule has 2 aromatic rings. The summed E-state index contributed by atoms with van der Waals surface area (Å²) in [5.41, 5.74) is 1.10. The van der Waals surface area contributed by atoms with Crippen LogP contribution in [0.2, 0.25) is 0 Å². The molecule has 0 aliphatic heterocycles. The Morgan fingerprint density at radius 3 is 2.48 bits per heavy atom. The van der Waals surface area contributed by atoms with Gasteiger partial charge in [-0.3, -0.25) is 4.79 Å². The SMILES string of the molecule is CCOc1c(I)cc(C(=O)Nc2ccccc2OC)cc1OC. The van der Waals surface area contributed by atoms with Crippen LogP contribution in [0.4, 0.5) is 5.69 Å². The first-order valence-electron chi connectivity index (χ1n) is 7.05. The number of carbonyl (C=O) groups is 1. The number of para-hydroxylation sites is 2. The lowest BCUT2D eigenvalue weighted by Crippen LogP contribution is -2.13. The second-order valence-corrected chi connectivity index (χ2v) is 5.74. The molecule has 1 N–H and O–H groups in total. The van der Waals surface area contributed by atoms with Crippen LogP contribution in [-0.2, 0) is 0 Å². The summed E-state index contributed by atoms with van der Waals surface area (Å²) in [4.78, 5) is 12.5. The highest BCUT2D eigenvalue weighted by molar-refractivity contribution is 14.1. The van der Waals surface area contributed by atoms with Gasteiger partial charge in [0.15, 0.2) is 11.5 Å². The molecule has 0 atom stereocenters. The minimum atomic E-state index is -0.242. The Hall–Kier alpha value is -1.96. The van der Waals surface area contributed by atoms with Crippen molar-refractivity contribution in [2.45, 2.75) is 6.92 Å². The van der Waals surface area contributed by atoms with Crippen LogP contribution < -0.4 is 19.5 Å². The van der Waals surface area contributed by atoms with E-state index >= 15 is 0 Å². The van der Waals surface area contributed by atoms with Crippen molar-refractivity contribution in [2.24, 2.45) is 0 Å². The zero-order valence-electron chi connectivity index (χ0n) is 13.2. The van der Waals surface area contributed by atoms with E-state index in [1.165, 1.54) is 0 Å². The molecule has 0 saturated heterocycles. The van der Waals surface area contributed by atoms with Gasteiger partial charge in [0.2, 0.25) is 0 Å². The molecular formula is C17H18INO4. The average Bonchev–Trinajstić information content (AvgIpc) is 2.57. The Kier molecular flexibility index (Phi) is 6.09. The Morgan fingerprint density at radius 2 is 1.83 bits per heavy atom. The number of benzene rings is 2. The minimum absolute atomic E-state index is 0.242.